The van der Waals surface area contributed by atoms with Crippen LogP contribution < -0.4 is 20.6 Å². The average Bonchev–Trinajstić information content (AvgIpc) is 2.58. The highest BCUT2D eigenvalue weighted by Gasteiger charge is 2.17. The van der Waals surface area contributed by atoms with Crippen molar-refractivity contribution in [2.24, 2.45) is 10.8 Å². The van der Waals surface area contributed by atoms with Crippen molar-refractivity contribution >= 4 is 34.1 Å². The third-order valence-electron chi connectivity index (χ3n) is 2.92. The lowest BCUT2D eigenvalue weighted by Crippen LogP contribution is -2.24. The highest BCUT2D eigenvalue weighted by molar-refractivity contribution is 9.10. The number of benzene rings is 2. The van der Waals surface area contributed by atoms with E-state index in [-0.39, 0.29) is 5.75 Å². The van der Waals surface area contributed by atoms with Gasteiger partial charge in [0.2, 0.25) is 0 Å². The van der Waals surface area contributed by atoms with E-state index in [0.717, 1.165) is 0 Å². The van der Waals surface area contributed by atoms with Crippen LogP contribution in [-0.2, 0) is 0 Å². The first-order chi connectivity index (χ1) is 12.0. The molecule has 0 aliphatic heterocycles. The van der Waals surface area contributed by atoms with Crippen LogP contribution in [0.15, 0.2) is 52.0 Å². The monoisotopic (exact) mass is 405 g/mol. The second-order valence-electron chi connectivity index (χ2n) is 4.75. The molecule has 0 bridgehead atoms. The molecule has 2 amide bonds. The van der Waals surface area contributed by atoms with Crippen molar-refractivity contribution in [2.75, 3.05) is 6.61 Å². The van der Waals surface area contributed by atoms with Crippen LogP contribution in [0, 0.1) is 0 Å². The van der Waals surface area contributed by atoms with Crippen molar-refractivity contribution in [1.82, 2.24) is 5.43 Å². The Morgan fingerprint density at radius 2 is 2.00 bits per heavy atom. The fourth-order valence-corrected chi connectivity index (χ4v) is 2.46. The minimum absolute atomic E-state index is 0.260. The second-order valence-corrected chi connectivity index (χ2v) is 5.61. The van der Waals surface area contributed by atoms with Gasteiger partial charge >= 0.3 is 12.0 Å². The lowest BCUT2D eigenvalue weighted by molar-refractivity contribution is 0.0727. The number of nitrogens with one attached hydrogen (secondary N) is 1. The van der Waals surface area contributed by atoms with E-state index in [4.69, 9.17) is 15.2 Å². The first kappa shape index (κ1) is 18.5. The molecule has 7 nitrogen and oxygen atoms in total. The fourth-order valence-electron chi connectivity index (χ4n) is 1.92. The Balaban J connectivity index is 2.29. The van der Waals surface area contributed by atoms with Crippen molar-refractivity contribution < 1.29 is 19.1 Å². The molecule has 0 fully saturated rings. The Kier molecular flexibility index (Phi) is 6.53. The summed E-state index contributed by atoms with van der Waals surface area (Å²) in [5, 5.41) is 3.69. The second kappa shape index (κ2) is 8.84. The van der Waals surface area contributed by atoms with E-state index in [1.807, 2.05) is 13.0 Å². The van der Waals surface area contributed by atoms with E-state index in [0.29, 0.717) is 28.0 Å². The molecule has 0 saturated heterocycles. The summed E-state index contributed by atoms with van der Waals surface area (Å²) < 4.78 is 11.5. The zero-order chi connectivity index (χ0) is 18.2. The molecule has 0 spiro atoms. The maximum atomic E-state index is 12.3. The van der Waals surface area contributed by atoms with E-state index >= 15 is 0 Å². The number of hydrazone groups is 1. The summed E-state index contributed by atoms with van der Waals surface area (Å²) in [5.41, 5.74) is 8.08. The van der Waals surface area contributed by atoms with Crippen molar-refractivity contribution in [1.29, 1.82) is 0 Å². The third-order valence-corrected chi connectivity index (χ3v) is 3.51. The Morgan fingerprint density at radius 1 is 1.28 bits per heavy atom. The van der Waals surface area contributed by atoms with Crippen LogP contribution in [0.4, 0.5) is 4.79 Å². The molecule has 2 rings (SSSR count). The van der Waals surface area contributed by atoms with E-state index < -0.39 is 12.0 Å². The Bertz CT molecular complexity index is 794. The SMILES string of the molecule is CCOc1cc(/C=N\NC(N)=O)cc(Br)c1OC(=O)c1ccccc1. The number of carbonyl (C=O) groups is 2. The van der Waals surface area contributed by atoms with Crippen LogP contribution in [0.25, 0.3) is 0 Å². The smallest absolute Gasteiger partial charge is 0.343 e. The topological polar surface area (TPSA) is 103 Å². The van der Waals surface area contributed by atoms with Crippen molar-refractivity contribution in [3.63, 3.8) is 0 Å². The van der Waals surface area contributed by atoms with Crippen LogP contribution in [0.5, 0.6) is 11.5 Å². The zero-order valence-corrected chi connectivity index (χ0v) is 14.9. The van der Waals surface area contributed by atoms with Gasteiger partial charge in [0.15, 0.2) is 11.5 Å². The molecular weight excluding hydrogens is 390 g/mol. The molecule has 0 radical (unpaired) electrons. The molecular formula is C17H16BrN3O4. The van der Waals surface area contributed by atoms with Gasteiger partial charge in [-0.3, -0.25) is 0 Å². The summed E-state index contributed by atoms with van der Waals surface area (Å²) in [6.07, 6.45) is 1.39. The Hall–Kier alpha value is -2.87. The summed E-state index contributed by atoms with van der Waals surface area (Å²) >= 11 is 3.36. The zero-order valence-electron chi connectivity index (χ0n) is 13.4. The van der Waals surface area contributed by atoms with E-state index in [1.54, 1.807) is 36.4 Å². The van der Waals surface area contributed by atoms with Crippen LogP contribution in [0.2, 0.25) is 0 Å². The minimum Gasteiger partial charge on any atom is -0.490 e. The van der Waals surface area contributed by atoms with Gasteiger partial charge in [0.25, 0.3) is 0 Å². The number of halogens is 1. The maximum Gasteiger partial charge on any atom is 0.343 e. The highest BCUT2D eigenvalue weighted by Crippen LogP contribution is 2.37. The molecule has 0 heterocycles. The number of ether oxygens (including phenoxy) is 2. The molecule has 25 heavy (non-hydrogen) atoms. The van der Waals surface area contributed by atoms with Gasteiger partial charge in [-0.15, -0.1) is 0 Å². The largest absolute Gasteiger partial charge is 0.490 e. The number of carbonyl (C=O) groups excluding carboxylic acids is 2. The van der Waals surface area contributed by atoms with Crippen molar-refractivity contribution in [3.05, 3.63) is 58.1 Å². The predicted molar refractivity (Wildman–Crippen MR) is 97.0 cm³/mol. The van der Waals surface area contributed by atoms with Crippen LogP contribution in [-0.4, -0.2) is 24.8 Å². The van der Waals surface area contributed by atoms with Crippen LogP contribution in [0.3, 0.4) is 0 Å². The van der Waals surface area contributed by atoms with Gasteiger partial charge in [-0.1, -0.05) is 18.2 Å². The molecule has 0 aliphatic carbocycles. The number of amides is 2. The molecule has 0 unspecified atom stereocenters. The molecule has 0 aromatic heterocycles. The number of nitrogens with zero attached hydrogens (tertiary/aromatic N) is 1. The van der Waals surface area contributed by atoms with Crippen LogP contribution in [0.1, 0.15) is 22.8 Å². The van der Waals surface area contributed by atoms with Crippen molar-refractivity contribution in [2.45, 2.75) is 6.92 Å². The molecule has 3 N–H and O–H groups in total. The fraction of sp³-hybridized carbons (Fsp3) is 0.118. The number of rotatable bonds is 6. The Labute approximate surface area is 152 Å². The third kappa shape index (κ3) is 5.32. The van der Waals surface area contributed by atoms with E-state index in [9.17, 15) is 9.59 Å². The summed E-state index contributed by atoms with van der Waals surface area (Å²) in [6, 6.07) is 11.2. The summed E-state index contributed by atoms with van der Waals surface area (Å²) in [6.45, 7) is 2.19. The van der Waals surface area contributed by atoms with Gasteiger partial charge in [0.05, 0.1) is 22.9 Å². The summed E-state index contributed by atoms with van der Waals surface area (Å²) in [5.74, 6) is 0.122. The number of urea groups is 1. The van der Waals surface area contributed by atoms with Crippen LogP contribution >= 0.6 is 15.9 Å². The first-order valence-corrected chi connectivity index (χ1v) is 8.12. The number of hydrogen-bond donors (Lipinski definition) is 2. The van der Waals surface area contributed by atoms with Gasteiger partial charge < -0.3 is 15.2 Å². The molecule has 0 saturated carbocycles. The van der Waals surface area contributed by atoms with E-state index in [2.05, 4.69) is 26.5 Å². The van der Waals surface area contributed by atoms with E-state index in [1.165, 1.54) is 6.21 Å². The molecule has 130 valence electrons. The molecule has 0 aliphatic rings. The highest BCUT2D eigenvalue weighted by atomic mass is 79.9. The normalized spacial score (nSPS) is 10.5. The number of primary amides is 1. The quantitative estimate of drug-likeness (QED) is 0.333. The first-order valence-electron chi connectivity index (χ1n) is 7.33. The van der Waals surface area contributed by atoms with Crippen molar-refractivity contribution in [3.8, 4) is 11.5 Å². The molecule has 0 atom stereocenters. The van der Waals surface area contributed by atoms with Gasteiger partial charge in [0.1, 0.15) is 0 Å². The maximum absolute atomic E-state index is 12.3. The standard InChI is InChI=1S/C17H16BrN3O4/c1-2-24-14-9-11(10-20-21-17(19)23)8-13(18)15(14)25-16(22)12-6-4-3-5-7-12/h3-10H,2H2,1H3,(H3,19,21,23)/b20-10-. The number of esters is 1. The number of nitrogens with two attached hydrogens (primary N) is 1. The van der Waals surface area contributed by atoms with Gasteiger partial charge in [-0.25, -0.2) is 15.0 Å². The molecule has 8 heteroatoms. The minimum atomic E-state index is -0.770. The predicted octanol–water partition coefficient (Wildman–Crippen LogP) is 3.07. The average molecular weight is 406 g/mol. The molecule has 2 aromatic carbocycles. The number of hydrogen-bond acceptors (Lipinski definition) is 5. The lowest BCUT2D eigenvalue weighted by atomic mass is 10.2. The lowest BCUT2D eigenvalue weighted by Gasteiger charge is -2.13. The molecule has 2 aromatic rings. The van der Waals surface area contributed by atoms with Gasteiger partial charge in [-0.2, -0.15) is 5.10 Å². The summed E-state index contributed by atoms with van der Waals surface area (Å²) in [4.78, 5) is 22.9. The summed E-state index contributed by atoms with van der Waals surface area (Å²) in [7, 11) is 0. The van der Waals surface area contributed by atoms with Gasteiger partial charge in [0, 0.05) is 0 Å². The Morgan fingerprint density at radius 3 is 2.64 bits per heavy atom. The van der Waals surface area contributed by atoms with Gasteiger partial charge in [-0.05, 0) is 52.7 Å².